The van der Waals surface area contributed by atoms with E-state index in [2.05, 4.69) is 20.5 Å². The van der Waals surface area contributed by atoms with Gasteiger partial charge in [-0.15, -0.1) is 10.2 Å². The molecule has 2 N–H and O–H groups in total. The molecule has 150 valence electrons. The lowest BCUT2D eigenvalue weighted by Crippen LogP contribution is -2.68. The first-order valence-electron chi connectivity index (χ1n) is 9.75. The fourth-order valence-corrected chi connectivity index (χ4v) is 4.29. The van der Waals surface area contributed by atoms with E-state index in [1.54, 1.807) is 47.6 Å². The molecule has 29 heavy (non-hydrogen) atoms. The molecule has 2 aromatic heterocycles. The Labute approximate surface area is 167 Å². The van der Waals surface area contributed by atoms with E-state index in [4.69, 9.17) is 4.74 Å². The molecule has 3 aliphatic rings. The molecular weight excluding hydrogens is 373 g/mol. The normalized spacial score (nSPS) is 28.4. The average molecular weight is 395 g/mol. The highest BCUT2D eigenvalue weighted by Gasteiger charge is 2.52. The van der Waals surface area contributed by atoms with Crippen LogP contribution in [0.4, 0.5) is 4.39 Å². The van der Waals surface area contributed by atoms with Crippen LogP contribution in [0.15, 0.2) is 49.1 Å². The number of fused-ring (bicyclic) bond motifs is 3. The van der Waals surface area contributed by atoms with E-state index in [1.807, 2.05) is 13.0 Å². The minimum atomic E-state index is -1.09. The number of halogens is 1. The highest BCUT2D eigenvalue weighted by Crippen LogP contribution is 2.40. The van der Waals surface area contributed by atoms with Crippen LogP contribution in [0.5, 0.6) is 11.6 Å². The standard InChI is InChI=1S/C21H22FN5O2/c1-21-7-6-13(11-24-21)19(20(21)22)29-18-5-4-16(25-26-18)15-3-2-14(10-17(15)28)27-9-8-23-12-27/h2-5,8-10,12-13,19-20,24,28H,6-7,11H2,1H3/t13?,19-,20-,21-/m1/s1. The number of aromatic nitrogens is 4. The van der Waals surface area contributed by atoms with Gasteiger partial charge in [0.2, 0.25) is 5.88 Å². The summed E-state index contributed by atoms with van der Waals surface area (Å²) in [6, 6.07) is 8.69. The van der Waals surface area contributed by atoms with E-state index in [0.29, 0.717) is 17.1 Å². The Morgan fingerprint density at radius 2 is 2.17 bits per heavy atom. The molecule has 3 aromatic rings. The third-order valence-corrected chi connectivity index (χ3v) is 6.12. The largest absolute Gasteiger partial charge is 0.507 e. The van der Waals surface area contributed by atoms with Crippen molar-refractivity contribution in [3.63, 3.8) is 0 Å². The molecule has 1 unspecified atom stereocenters. The molecule has 8 heteroatoms. The third kappa shape index (κ3) is 3.13. The van der Waals surface area contributed by atoms with Gasteiger partial charge < -0.3 is 19.7 Å². The van der Waals surface area contributed by atoms with Gasteiger partial charge in [-0.05, 0) is 38.0 Å². The van der Waals surface area contributed by atoms with Gasteiger partial charge in [0.1, 0.15) is 11.9 Å². The number of piperidine rings is 2. The van der Waals surface area contributed by atoms with E-state index in [0.717, 1.165) is 25.1 Å². The summed E-state index contributed by atoms with van der Waals surface area (Å²) in [5.41, 5.74) is 1.34. The maximum atomic E-state index is 14.9. The van der Waals surface area contributed by atoms with Crippen molar-refractivity contribution in [2.24, 2.45) is 5.92 Å². The average Bonchev–Trinajstić information content (AvgIpc) is 3.27. The number of alkyl halides is 1. The van der Waals surface area contributed by atoms with Crippen molar-refractivity contribution in [3.05, 3.63) is 49.1 Å². The molecule has 1 aliphatic carbocycles. The number of imidazole rings is 1. The Morgan fingerprint density at radius 1 is 1.28 bits per heavy atom. The number of aromatic hydroxyl groups is 1. The zero-order valence-corrected chi connectivity index (χ0v) is 16.0. The minimum Gasteiger partial charge on any atom is -0.507 e. The zero-order chi connectivity index (χ0) is 20.0. The van der Waals surface area contributed by atoms with Gasteiger partial charge in [-0.3, -0.25) is 0 Å². The minimum absolute atomic E-state index is 0.0894. The Hall–Kier alpha value is -3.00. The summed E-state index contributed by atoms with van der Waals surface area (Å²) < 4.78 is 22.6. The van der Waals surface area contributed by atoms with Gasteiger partial charge in [0, 0.05) is 42.6 Å². The van der Waals surface area contributed by atoms with Gasteiger partial charge in [0.25, 0.3) is 0 Å². The van der Waals surface area contributed by atoms with Crippen LogP contribution in [-0.4, -0.2) is 49.2 Å². The molecule has 1 aromatic carbocycles. The van der Waals surface area contributed by atoms with Crippen LogP contribution in [0, 0.1) is 5.92 Å². The second-order valence-electron chi connectivity index (χ2n) is 8.01. The molecule has 6 rings (SSSR count). The Balaban J connectivity index is 1.34. The smallest absolute Gasteiger partial charge is 0.233 e. The topological polar surface area (TPSA) is 85.1 Å². The van der Waals surface area contributed by atoms with Crippen LogP contribution in [0.1, 0.15) is 19.8 Å². The predicted octanol–water partition coefficient (Wildman–Crippen LogP) is 2.89. The fourth-order valence-electron chi connectivity index (χ4n) is 4.29. The number of phenols is 1. The van der Waals surface area contributed by atoms with Crippen molar-refractivity contribution < 1.29 is 14.2 Å². The maximum absolute atomic E-state index is 14.9. The predicted molar refractivity (Wildman–Crippen MR) is 105 cm³/mol. The van der Waals surface area contributed by atoms with Crippen LogP contribution < -0.4 is 10.1 Å². The highest BCUT2D eigenvalue weighted by molar-refractivity contribution is 5.68. The highest BCUT2D eigenvalue weighted by atomic mass is 19.1. The van der Waals surface area contributed by atoms with Crippen LogP contribution in [0.3, 0.4) is 0 Å². The molecule has 3 fully saturated rings. The third-order valence-electron chi connectivity index (χ3n) is 6.12. The molecule has 4 atom stereocenters. The van der Waals surface area contributed by atoms with Gasteiger partial charge in [0.15, 0.2) is 6.17 Å². The molecule has 2 aliphatic heterocycles. The Bertz CT molecular complexity index is 1000. The Morgan fingerprint density at radius 3 is 2.83 bits per heavy atom. The van der Waals surface area contributed by atoms with Gasteiger partial charge in [-0.25, -0.2) is 9.37 Å². The summed E-state index contributed by atoms with van der Waals surface area (Å²) in [7, 11) is 0. The first kappa shape index (κ1) is 18.1. The summed E-state index contributed by atoms with van der Waals surface area (Å²) in [5, 5.41) is 22.0. The van der Waals surface area contributed by atoms with Gasteiger partial charge >= 0.3 is 0 Å². The number of phenolic OH excluding ortho intramolecular Hbond substituents is 1. The lowest BCUT2D eigenvalue weighted by atomic mass is 9.70. The molecule has 4 heterocycles. The fraction of sp³-hybridized carbons (Fsp3) is 0.381. The monoisotopic (exact) mass is 395 g/mol. The Kier molecular flexibility index (Phi) is 4.24. The lowest BCUT2D eigenvalue weighted by molar-refractivity contribution is -0.0729. The van der Waals surface area contributed by atoms with Crippen molar-refractivity contribution in [1.29, 1.82) is 0 Å². The van der Waals surface area contributed by atoms with Crippen LogP contribution in [0.2, 0.25) is 0 Å². The first-order valence-corrected chi connectivity index (χ1v) is 9.75. The molecule has 2 saturated heterocycles. The summed E-state index contributed by atoms with van der Waals surface area (Å²) in [5.74, 6) is 0.520. The first-order chi connectivity index (χ1) is 14.0. The van der Waals surface area contributed by atoms with Crippen LogP contribution >= 0.6 is 0 Å². The van der Waals surface area contributed by atoms with Crippen molar-refractivity contribution >= 4 is 0 Å². The zero-order valence-electron chi connectivity index (χ0n) is 16.0. The molecule has 1 saturated carbocycles. The molecule has 0 amide bonds. The van der Waals surface area contributed by atoms with E-state index < -0.39 is 17.8 Å². The number of benzene rings is 1. The summed E-state index contributed by atoms with van der Waals surface area (Å²) in [6.45, 7) is 2.67. The molecule has 2 bridgehead atoms. The molecule has 0 spiro atoms. The number of hydrogen-bond donors (Lipinski definition) is 2. The van der Waals surface area contributed by atoms with Gasteiger partial charge in [0.05, 0.1) is 23.2 Å². The summed E-state index contributed by atoms with van der Waals surface area (Å²) >= 11 is 0. The van der Waals surface area contributed by atoms with Gasteiger partial charge in [-0.2, -0.15) is 0 Å². The van der Waals surface area contributed by atoms with Crippen LogP contribution in [0.25, 0.3) is 16.9 Å². The SMILES string of the molecule is C[C@]12CCC(CN1)[C@@H](Oc1ccc(-c3ccc(-n4ccnc4)cc3O)nn1)[C@H]2F. The van der Waals surface area contributed by atoms with Gasteiger partial charge in [-0.1, -0.05) is 0 Å². The van der Waals surface area contributed by atoms with Crippen molar-refractivity contribution in [2.75, 3.05) is 6.54 Å². The van der Waals surface area contributed by atoms with Crippen molar-refractivity contribution in [3.8, 4) is 28.6 Å². The number of nitrogens with one attached hydrogen (secondary N) is 1. The van der Waals surface area contributed by atoms with Crippen LogP contribution in [-0.2, 0) is 0 Å². The van der Waals surface area contributed by atoms with E-state index >= 15 is 0 Å². The van der Waals surface area contributed by atoms with Crippen molar-refractivity contribution in [2.45, 2.75) is 37.6 Å². The number of hydrogen-bond acceptors (Lipinski definition) is 6. The van der Waals surface area contributed by atoms with E-state index in [1.165, 1.54) is 0 Å². The van der Waals surface area contributed by atoms with Crippen molar-refractivity contribution in [1.82, 2.24) is 25.1 Å². The molecule has 0 radical (unpaired) electrons. The molecular formula is C21H22FN5O2. The number of ether oxygens (including phenoxy) is 1. The lowest BCUT2D eigenvalue weighted by Gasteiger charge is -2.51. The maximum Gasteiger partial charge on any atom is 0.233 e. The molecule has 7 nitrogen and oxygen atoms in total. The summed E-state index contributed by atoms with van der Waals surface area (Å²) in [4.78, 5) is 4.00. The van der Waals surface area contributed by atoms with E-state index in [-0.39, 0.29) is 11.7 Å². The second-order valence-corrected chi connectivity index (χ2v) is 8.01. The number of rotatable bonds is 4. The number of nitrogens with zero attached hydrogens (tertiary/aromatic N) is 4. The second kappa shape index (κ2) is 6.81. The quantitative estimate of drug-likeness (QED) is 0.707. The van der Waals surface area contributed by atoms with E-state index in [9.17, 15) is 9.50 Å². The summed E-state index contributed by atoms with van der Waals surface area (Å²) in [6.07, 6.45) is 5.29.